The number of anilines is 1. The molecule has 27 nitrogen and oxygen atoms in total. The van der Waals surface area contributed by atoms with Gasteiger partial charge in [0.2, 0.25) is 51.4 Å². The molecule has 2 saturated heterocycles. The highest BCUT2D eigenvalue weighted by Gasteiger charge is 2.44. The molecule has 2 aromatic rings. The van der Waals surface area contributed by atoms with Gasteiger partial charge in [-0.25, -0.2) is 13.9 Å². The molecule has 9 amide bonds. The fourth-order valence-electron chi connectivity index (χ4n) is 11.9. The standard InChI is InChI=1S/C65H100N10O17S/c1-12-14-31-75(57(80)37-66-64(84)58(40(3)4)72(8)9)59(41(5)13-2)52(89-10)36-56(79)74-32-15-16-51(74)60(90-11)42(6)61(81)69-50(63(83)71-93(87,88)49-25-26-49)35-44-19-23-48(24-20-44)91-39-54(77)70-92-38-45-17-21-47(22-18-45)68-62(82)43(7)67-53(76)27-28-55(78)73-33-29-46(30-34-73)65(85)86/h17-24,40-43,46,49-52,58-60H,12-16,25-39H2,1-11H3,(H,66,84)(H,67,76)(H,68,82)(H,69,81)(H,70,77)(H,71,83)(H,85,86). The molecule has 0 radical (unpaired) electrons. The molecule has 0 spiro atoms. The molecule has 3 fully saturated rings. The molecule has 0 bridgehead atoms. The first-order chi connectivity index (χ1) is 44.1. The highest BCUT2D eigenvalue weighted by Crippen LogP contribution is 2.31. The number of unbranched alkanes of at least 4 members (excludes halogenated alkanes) is 1. The Morgan fingerprint density at radius 2 is 1.40 bits per heavy atom. The average molecular weight is 1330 g/mol. The van der Waals surface area contributed by atoms with Crippen molar-refractivity contribution in [1.82, 2.24) is 45.8 Å². The lowest BCUT2D eigenvalue weighted by Gasteiger charge is -2.41. The van der Waals surface area contributed by atoms with E-state index in [9.17, 15) is 61.5 Å². The third-order valence-corrected chi connectivity index (χ3v) is 19.4. The third-order valence-electron chi connectivity index (χ3n) is 17.5. The van der Waals surface area contributed by atoms with Crippen LogP contribution in [0.2, 0.25) is 0 Å². The Hall–Kier alpha value is -7.27. The van der Waals surface area contributed by atoms with Crippen molar-refractivity contribution in [3.8, 4) is 5.75 Å². The Morgan fingerprint density at radius 3 is 1.98 bits per heavy atom. The molecule has 7 N–H and O–H groups in total. The van der Waals surface area contributed by atoms with Crippen molar-refractivity contribution in [2.75, 3.05) is 73.0 Å². The lowest BCUT2D eigenvalue weighted by molar-refractivity contribution is -0.147. The molecule has 5 rings (SSSR count). The number of hydroxylamine groups is 1. The number of carboxylic acids is 1. The summed E-state index contributed by atoms with van der Waals surface area (Å²) < 4.78 is 46.1. The van der Waals surface area contributed by atoms with E-state index in [0.717, 1.165) is 6.42 Å². The molecule has 3 aliphatic rings. The van der Waals surface area contributed by atoms with Gasteiger partial charge in [0, 0.05) is 65.3 Å². The van der Waals surface area contributed by atoms with E-state index in [-0.39, 0.29) is 80.0 Å². The maximum absolute atomic E-state index is 14.6. The normalized spacial score (nSPS) is 17.8. The van der Waals surface area contributed by atoms with Crippen LogP contribution >= 0.6 is 0 Å². The zero-order valence-electron chi connectivity index (χ0n) is 55.9. The van der Waals surface area contributed by atoms with Crippen LogP contribution in [-0.4, -0.2) is 208 Å². The highest BCUT2D eigenvalue weighted by atomic mass is 32.2. The molecule has 1 aliphatic carbocycles. The van der Waals surface area contributed by atoms with E-state index in [1.165, 1.54) is 21.1 Å². The van der Waals surface area contributed by atoms with Crippen molar-refractivity contribution in [2.24, 2.45) is 23.7 Å². The fraction of sp³-hybridized carbons (Fsp3) is 0.662. The number of aliphatic carboxylic acids is 1. The molecule has 518 valence electrons. The van der Waals surface area contributed by atoms with Crippen molar-refractivity contribution in [3.05, 3.63) is 59.7 Å². The topological polar surface area (TPSA) is 347 Å². The van der Waals surface area contributed by atoms with Crippen LogP contribution in [0.15, 0.2) is 48.5 Å². The summed E-state index contributed by atoms with van der Waals surface area (Å²) in [4.78, 5) is 144. The summed E-state index contributed by atoms with van der Waals surface area (Å²) in [5.41, 5.74) is 3.88. The summed E-state index contributed by atoms with van der Waals surface area (Å²) in [5.74, 6) is -6.38. The van der Waals surface area contributed by atoms with Gasteiger partial charge in [-0.15, -0.1) is 0 Å². The van der Waals surface area contributed by atoms with Crippen LogP contribution in [0.25, 0.3) is 0 Å². The number of nitrogens with zero attached hydrogens (tertiary/aromatic N) is 4. The molecule has 28 heteroatoms. The number of piperidine rings is 1. The van der Waals surface area contributed by atoms with E-state index < -0.39 is 112 Å². The summed E-state index contributed by atoms with van der Waals surface area (Å²) in [6.07, 6.45) is 2.73. The predicted octanol–water partition coefficient (Wildman–Crippen LogP) is 3.29. The molecule has 1 saturated carbocycles. The molecule has 0 aromatic heterocycles. The summed E-state index contributed by atoms with van der Waals surface area (Å²) in [5, 5.41) is 19.4. The summed E-state index contributed by atoms with van der Waals surface area (Å²) in [6, 6.07) is 8.99. The second-order valence-corrected chi connectivity index (χ2v) is 27.1. The molecule has 9 unspecified atom stereocenters. The van der Waals surface area contributed by atoms with E-state index >= 15 is 0 Å². The van der Waals surface area contributed by atoms with Crippen LogP contribution in [0.1, 0.15) is 137 Å². The Labute approximate surface area is 547 Å². The number of sulfonamides is 1. The van der Waals surface area contributed by atoms with E-state index in [2.05, 4.69) is 31.5 Å². The first-order valence-corrected chi connectivity index (χ1v) is 33.9. The van der Waals surface area contributed by atoms with Gasteiger partial charge in [0.25, 0.3) is 11.8 Å². The highest BCUT2D eigenvalue weighted by molar-refractivity contribution is 7.90. The Kier molecular flexibility index (Phi) is 30.4. The first-order valence-electron chi connectivity index (χ1n) is 32.4. The number of amides is 9. The SMILES string of the molecule is CCCCN(C(=O)CNC(=O)C(C(C)C)N(C)C)C(C(C)CC)C(CC(=O)N1CCCC1C(OC)C(C)C(=O)NC(Cc1ccc(OCC(=O)NOCc2ccc(NC(=O)C(C)NC(=O)CCC(=O)N3CCC(C(=O)O)CC3)cc2)cc1)C(=O)NS(=O)(=O)C1CC1)OC. The van der Waals surface area contributed by atoms with Crippen LogP contribution in [-0.2, 0) is 85.3 Å². The van der Waals surface area contributed by atoms with E-state index in [1.807, 2.05) is 53.6 Å². The number of methoxy groups -OCH3 is 2. The minimum absolute atomic E-state index is 0.000389. The van der Waals surface area contributed by atoms with E-state index in [4.69, 9.17) is 19.0 Å². The summed E-state index contributed by atoms with van der Waals surface area (Å²) >= 11 is 0. The van der Waals surface area contributed by atoms with Crippen LogP contribution < -0.4 is 36.2 Å². The van der Waals surface area contributed by atoms with Gasteiger partial charge in [0.05, 0.1) is 67.0 Å². The second-order valence-electron chi connectivity index (χ2n) is 25.1. The van der Waals surface area contributed by atoms with Gasteiger partial charge in [0.15, 0.2) is 6.61 Å². The zero-order valence-corrected chi connectivity index (χ0v) is 56.7. The number of carboxylic acid groups (broad SMARTS) is 1. The minimum Gasteiger partial charge on any atom is -0.484 e. The van der Waals surface area contributed by atoms with Gasteiger partial charge in [-0.1, -0.05) is 78.6 Å². The van der Waals surface area contributed by atoms with Gasteiger partial charge >= 0.3 is 5.97 Å². The van der Waals surface area contributed by atoms with Crippen molar-refractivity contribution in [2.45, 2.75) is 186 Å². The number of ether oxygens (including phenoxy) is 3. The fourth-order valence-corrected chi connectivity index (χ4v) is 13.2. The summed E-state index contributed by atoms with van der Waals surface area (Å²) in [7, 11) is 2.56. The van der Waals surface area contributed by atoms with Crippen molar-refractivity contribution >= 4 is 74.8 Å². The molecular formula is C65H100N10O17S. The maximum atomic E-state index is 14.6. The number of likely N-dealkylation sites (N-methyl/N-ethyl adjacent to an activating group) is 1. The Balaban J connectivity index is 1.13. The molecule has 2 heterocycles. The number of hydrogen-bond donors (Lipinski definition) is 7. The molecular weight excluding hydrogens is 1220 g/mol. The third kappa shape index (κ3) is 23.3. The van der Waals surface area contributed by atoms with Crippen molar-refractivity contribution < 1.29 is 80.5 Å². The van der Waals surface area contributed by atoms with Gasteiger partial charge in [-0.2, -0.15) is 0 Å². The van der Waals surface area contributed by atoms with Gasteiger partial charge < -0.3 is 55.3 Å². The summed E-state index contributed by atoms with van der Waals surface area (Å²) in [6.45, 7) is 13.7. The van der Waals surface area contributed by atoms with Gasteiger partial charge in [-0.05, 0) is 113 Å². The minimum atomic E-state index is -4.03. The Bertz CT molecular complexity index is 2950. The monoisotopic (exact) mass is 1320 g/mol. The van der Waals surface area contributed by atoms with Crippen LogP contribution in [0, 0.1) is 23.7 Å². The number of carbonyl (C=O) groups is 10. The number of nitrogens with one attached hydrogen (secondary N) is 6. The lowest BCUT2D eigenvalue weighted by Crippen LogP contribution is -2.57. The average Bonchev–Trinajstić information content (AvgIpc) is 1.79. The first kappa shape index (κ1) is 76.4. The lowest BCUT2D eigenvalue weighted by atomic mass is 9.89. The van der Waals surface area contributed by atoms with Crippen LogP contribution in [0.3, 0.4) is 0 Å². The van der Waals surface area contributed by atoms with Crippen LogP contribution in [0.4, 0.5) is 5.69 Å². The smallest absolute Gasteiger partial charge is 0.306 e. The number of hydrogen-bond acceptors (Lipinski definition) is 17. The predicted molar refractivity (Wildman–Crippen MR) is 345 cm³/mol. The molecule has 2 aromatic carbocycles. The molecule has 93 heavy (non-hydrogen) atoms. The second kappa shape index (κ2) is 37.0. The van der Waals surface area contributed by atoms with Crippen molar-refractivity contribution in [1.29, 1.82) is 0 Å². The van der Waals surface area contributed by atoms with Crippen LogP contribution in [0.5, 0.6) is 5.75 Å². The number of benzene rings is 2. The quantitative estimate of drug-likeness (QED) is 0.0474. The Morgan fingerprint density at radius 1 is 0.742 bits per heavy atom. The van der Waals surface area contributed by atoms with Crippen molar-refractivity contribution in [3.63, 3.8) is 0 Å². The van der Waals surface area contributed by atoms with E-state index in [0.29, 0.717) is 94.4 Å². The number of likely N-dealkylation sites (tertiary alicyclic amines) is 2. The molecule has 2 aliphatic heterocycles. The number of carbonyl (C=O) groups excluding carboxylic acids is 9. The maximum Gasteiger partial charge on any atom is 0.306 e. The molecule has 9 atom stereocenters. The number of rotatable bonds is 38. The van der Waals surface area contributed by atoms with Gasteiger partial charge in [-0.3, -0.25) is 62.4 Å². The largest absolute Gasteiger partial charge is 0.484 e. The van der Waals surface area contributed by atoms with E-state index in [1.54, 1.807) is 70.2 Å². The zero-order chi connectivity index (χ0) is 68.7. The van der Waals surface area contributed by atoms with Gasteiger partial charge in [0.1, 0.15) is 17.8 Å².